The maximum atomic E-state index is 11.1. The molecule has 0 aliphatic heterocycles. The van der Waals surface area contributed by atoms with Crippen LogP contribution in [0.2, 0.25) is 0 Å². The van der Waals surface area contributed by atoms with Gasteiger partial charge in [-0.2, -0.15) is 0 Å². The fraction of sp³-hybridized carbons (Fsp3) is 0.900. The van der Waals surface area contributed by atoms with E-state index in [-0.39, 0.29) is 5.92 Å². The summed E-state index contributed by atoms with van der Waals surface area (Å²) in [5.41, 5.74) is -0.853. The van der Waals surface area contributed by atoms with E-state index in [1.165, 1.54) is 0 Å². The monoisotopic (exact) mass is 186 g/mol. The van der Waals surface area contributed by atoms with Crippen LogP contribution in [0.1, 0.15) is 39.5 Å². The number of carboxylic acids is 1. The van der Waals surface area contributed by atoms with E-state index in [1.54, 1.807) is 0 Å². The molecule has 1 aliphatic rings. The molecule has 0 heterocycles. The van der Waals surface area contributed by atoms with Crippen LogP contribution in [-0.4, -0.2) is 22.3 Å². The van der Waals surface area contributed by atoms with Crippen LogP contribution in [0.3, 0.4) is 0 Å². The summed E-state index contributed by atoms with van der Waals surface area (Å²) in [5, 5.41) is 19.0. The topological polar surface area (TPSA) is 57.5 Å². The van der Waals surface area contributed by atoms with E-state index in [0.29, 0.717) is 12.8 Å². The molecule has 0 aromatic heterocycles. The van der Waals surface area contributed by atoms with Crippen molar-refractivity contribution >= 4 is 5.97 Å². The minimum Gasteiger partial charge on any atom is -0.481 e. The quantitative estimate of drug-likeness (QED) is 0.704. The standard InChI is InChI=1S/C10H18O3/c1-7(2)8(11)10(9(12)13)5-3-4-6-10/h7-8,11H,3-6H2,1-2H3,(H,12,13). The van der Waals surface area contributed by atoms with E-state index in [2.05, 4.69) is 0 Å². The van der Waals surface area contributed by atoms with Gasteiger partial charge in [-0.3, -0.25) is 4.79 Å². The maximum Gasteiger partial charge on any atom is 0.312 e. The van der Waals surface area contributed by atoms with Crippen molar-refractivity contribution in [2.24, 2.45) is 11.3 Å². The van der Waals surface area contributed by atoms with E-state index in [4.69, 9.17) is 5.11 Å². The summed E-state index contributed by atoms with van der Waals surface area (Å²) in [6, 6.07) is 0. The molecular formula is C10H18O3. The first kappa shape index (κ1) is 10.5. The smallest absolute Gasteiger partial charge is 0.312 e. The highest BCUT2D eigenvalue weighted by atomic mass is 16.4. The van der Waals surface area contributed by atoms with Crippen molar-refractivity contribution in [2.75, 3.05) is 0 Å². The molecule has 1 saturated carbocycles. The Labute approximate surface area is 78.8 Å². The van der Waals surface area contributed by atoms with Crippen molar-refractivity contribution in [1.29, 1.82) is 0 Å². The van der Waals surface area contributed by atoms with E-state index in [9.17, 15) is 9.90 Å². The van der Waals surface area contributed by atoms with Gasteiger partial charge in [0.1, 0.15) is 0 Å². The molecule has 1 unspecified atom stereocenters. The van der Waals surface area contributed by atoms with Crippen molar-refractivity contribution in [3.05, 3.63) is 0 Å². The second-order valence-electron chi connectivity index (χ2n) is 4.36. The molecule has 76 valence electrons. The van der Waals surface area contributed by atoms with Gasteiger partial charge < -0.3 is 10.2 Å². The van der Waals surface area contributed by atoms with Crippen LogP contribution in [0, 0.1) is 11.3 Å². The zero-order valence-corrected chi connectivity index (χ0v) is 8.29. The summed E-state index contributed by atoms with van der Waals surface area (Å²) in [6.45, 7) is 3.74. The molecule has 3 nitrogen and oxygen atoms in total. The lowest BCUT2D eigenvalue weighted by Crippen LogP contribution is -2.43. The first-order chi connectivity index (χ1) is 6.00. The molecule has 1 rings (SSSR count). The first-order valence-corrected chi connectivity index (χ1v) is 4.92. The Morgan fingerprint density at radius 3 is 2.08 bits per heavy atom. The second-order valence-corrected chi connectivity index (χ2v) is 4.36. The highest BCUT2D eigenvalue weighted by molar-refractivity contribution is 5.75. The number of hydrogen-bond acceptors (Lipinski definition) is 2. The van der Waals surface area contributed by atoms with Crippen LogP contribution in [0.15, 0.2) is 0 Å². The van der Waals surface area contributed by atoms with Crippen molar-refractivity contribution in [1.82, 2.24) is 0 Å². The first-order valence-electron chi connectivity index (χ1n) is 4.92. The van der Waals surface area contributed by atoms with Crippen LogP contribution < -0.4 is 0 Å². The van der Waals surface area contributed by atoms with Crippen LogP contribution in [0.25, 0.3) is 0 Å². The van der Waals surface area contributed by atoms with Crippen molar-refractivity contribution in [2.45, 2.75) is 45.6 Å². The zero-order chi connectivity index (χ0) is 10.1. The number of carbonyl (C=O) groups is 1. The third kappa shape index (κ3) is 1.70. The Morgan fingerprint density at radius 2 is 1.77 bits per heavy atom. The van der Waals surface area contributed by atoms with Gasteiger partial charge in [-0.25, -0.2) is 0 Å². The normalized spacial score (nSPS) is 23.4. The third-order valence-corrected chi connectivity index (χ3v) is 3.12. The molecule has 0 saturated heterocycles. The number of aliphatic hydroxyl groups is 1. The fourth-order valence-corrected chi connectivity index (χ4v) is 2.28. The van der Waals surface area contributed by atoms with Gasteiger partial charge in [0.25, 0.3) is 0 Å². The summed E-state index contributed by atoms with van der Waals surface area (Å²) in [5.74, 6) is -0.805. The molecule has 0 radical (unpaired) electrons. The molecule has 0 aromatic carbocycles. The van der Waals surface area contributed by atoms with E-state index >= 15 is 0 Å². The van der Waals surface area contributed by atoms with Crippen LogP contribution >= 0.6 is 0 Å². The number of hydrogen-bond donors (Lipinski definition) is 2. The van der Waals surface area contributed by atoms with Crippen molar-refractivity contribution in [3.63, 3.8) is 0 Å². The summed E-state index contributed by atoms with van der Waals surface area (Å²) in [7, 11) is 0. The summed E-state index contributed by atoms with van der Waals surface area (Å²) < 4.78 is 0. The van der Waals surface area contributed by atoms with Gasteiger partial charge >= 0.3 is 5.97 Å². The van der Waals surface area contributed by atoms with Crippen LogP contribution in [0.4, 0.5) is 0 Å². The second kappa shape index (κ2) is 3.66. The zero-order valence-electron chi connectivity index (χ0n) is 8.29. The largest absolute Gasteiger partial charge is 0.481 e. The molecule has 1 aliphatic carbocycles. The predicted octanol–water partition coefficient (Wildman–Crippen LogP) is 1.65. The van der Waals surface area contributed by atoms with Gasteiger partial charge in [-0.05, 0) is 18.8 Å². The third-order valence-electron chi connectivity index (χ3n) is 3.12. The molecular weight excluding hydrogens is 168 g/mol. The fourth-order valence-electron chi connectivity index (χ4n) is 2.28. The van der Waals surface area contributed by atoms with Crippen LogP contribution in [0.5, 0.6) is 0 Å². The van der Waals surface area contributed by atoms with Gasteiger partial charge in [0.15, 0.2) is 0 Å². The Morgan fingerprint density at radius 1 is 1.31 bits per heavy atom. The van der Waals surface area contributed by atoms with E-state index in [1.807, 2.05) is 13.8 Å². The minimum atomic E-state index is -0.853. The summed E-state index contributed by atoms with van der Waals surface area (Å²) in [6.07, 6.45) is 2.41. The molecule has 0 spiro atoms. The Hall–Kier alpha value is -0.570. The Balaban J connectivity index is 2.84. The molecule has 3 heteroatoms. The summed E-state index contributed by atoms with van der Waals surface area (Å²) in [4.78, 5) is 11.1. The molecule has 1 fully saturated rings. The number of rotatable bonds is 3. The maximum absolute atomic E-state index is 11.1. The van der Waals surface area contributed by atoms with Gasteiger partial charge in [0, 0.05) is 0 Å². The average molecular weight is 186 g/mol. The number of aliphatic carboxylic acids is 1. The van der Waals surface area contributed by atoms with Crippen LogP contribution in [-0.2, 0) is 4.79 Å². The molecule has 0 aromatic rings. The Kier molecular flexibility index (Phi) is 2.96. The molecule has 0 bridgehead atoms. The average Bonchev–Trinajstić information content (AvgIpc) is 2.51. The van der Waals surface area contributed by atoms with Gasteiger partial charge in [-0.15, -0.1) is 0 Å². The van der Waals surface area contributed by atoms with Crippen molar-refractivity contribution < 1.29 is 15.0 Å². The highest BCUT2D eigenvalue weighted by Gasteiger charge is 2.48. The lowest BCUT2D eigenvalue weighted by molar-refractivity contribution is -0.158. The minimum absolute atomic E-state index is 0.0224. The lowest BCUT2D eigenvalue weighted by atomic mass is 9.76. The van der Waals surface area contributed by atoms with Crippen molar-refractivity contribution in [3.8, 4) is 0 Å². The van der Waals surface area contributed by atoms with Gasteiger partial charge in [0.05, 0.1) is 11.5 Å². The lowest BCUT2D eigenvalue weighted by Gasteiger charge is -2.32. The molecule has 13 heavy (non-hydrogen) atoms. The van der Waals surface area contributed by atoms with Gasteiger partial charge in [0.2, 0.25) is 0 Å². The van der Waals surface area contributed by atoms with E-state index in [0.717, 1.165) is 12.8 Å². The SMILES string of the molecule is CC(C)C(O)C1(C(=O)O)CCCC1. The molecule has 0 amide bonds. The Bertz CT molecular complexity index is 192. The number of aliphatic hydroxyl groups excluding tert-OH is 1. The predicted molar refractivity (Wildman–Crippen MR) is 49.4 cm³/mol. The van der Waals surface area contributed by atoms with E-state index < -0.39 is 17.5 Å². The molecule has 1 atom stereocenters. The number of carboxylic acid groups (broad SMARTS) is 1. The molecule has 2 N–H and O–H groups in total. The highest BCUT2D eigenvalue weighted by Crippen LogP contribution is 2.43. The van der Waals surface area contributed by atoms with Gasteiger partial charge in [-0.1, -0.05) is 26.7 Å². The summed E-state index contributed by atoms with van der Waals surface area (Å²) >= 11 is 0.